The van der Waals surface area contributed by atoms with Gasteiger partial charge in [-0.05, 0) is 30.3 Å². The first-order valence-corrected chi connectivity index (χ1v) is 9.66. The second-order valence-corrected chi connectivity index (χ2v) is 6.91. The molecule has 0 unspecified atom stereocenters. The minimum Gasteiger partial charge on any atom is -0.496 e. The Hall–Kier alpha value is -4.84. The van der Waals surface area contributed by atoms with Crippen LogP contribution in [0.4, 0.5) is 5.69 Å². The van der Waals surface area contributed by atoms with E-state index in [9.17, 15) is 14.7 Å². The Balaban J connectivity index is 1.79. The fourth-order valence-corrected chi connectivity index (χ4v) is 3.46. The molecule has 4 aromatic rings. The minimum absolute atomic E-state index is 0.0288. The van der Waals surface area contributed by atoms with Gasteiger partial charge in [-0.3, -0.25) is 4.79 Å². The Labute approximate surface area is 187 Å². The number of anilines is 1. The van der Waals surface area contributed by atoms with Crippen LogP contribution in [0.1, 0.15) is 26.4 Å². The lowest BCUT2D eigenvalue weighted by Crippen LogP contribution is -2.15. The zero-order chi connectivity index (χ0) is 23.5. The van der Waals surface area contributed by atoms with Crippen LogP contribution in [0.5, 0.6) is 11.5 Å². The molecule has 33 heavy (non-hydrogen) atoms. The summed E-state index contributed by atoms with van der Waals surface area (Å²) in [6.45, 7) is 0. The topological polar surface area (TPSA) is 135 Å². The zero-order valence-electron chi connectivity index (χ0n) is 17.6. The van der Waals surface area contributed by atoms with Crippen LogP contribution < -0.4 is 14.8 Å². The van der Waals surface area contributed by atoms with Gasteiger partial charge in [0.15, 0.2) is 11.3 Å². The van der Waals surface area contributed by atoms with E-state index in [0.29, 0.717) is 28.0 Å². The third kappa shape index (κ3) is 3.93. The maximum absolute atomic E-state index is 13.0. The van der Waals surface area contributed by atoms with E-state index < -0.39 is 11.9 Å². The van der Waals surface area contributed by atoms with Crippen molar-refractivity contribution in [2.45, 2.75) is 0 Å². The number of nitriles is 1. The van der Waals surface area contributed by atoms with Crippen molar-refractivity contribution in [2.24, 2.45) is 0 Å². The summed E-state index contributed by atoms with van der Waals surface area (Å²) in [6, 6.07) is 16.5. The highest BCUT2D eigenvalue weighted by molar-refractivity contribution is 6.13. The molecule has 1 heterocycles. The lowest BCUT2D eigenvalue weighted by molar-refractivity contribution is 0.0698. The number of carbonyl (C=O) groups is 2. The summed E-state index contributed by atoms with van der Waals surface area (Å²) in [5, 5.41) is 25.3. The van der Waals surface area contributed by atoms with Crippen LogP contribution in [0.3, 0.4) is 0 Å². The number of nitrogens with one attached hydrogen (secondary N) is 1. The van der Waals surface area contributed by atoms with Crippen molar-refractivity contribution in [1.82, 2.24) is 5.16 Å². The number of hydrogen-bond acceptors (Lipinski definition) is 7. The number of aromatic nitrogens is 1. The van der Waals surface area contributed by atoms with Gasteiger partial charge in [-0.2, -0.15) is 5.26 Å². The Morgan fingerprint density at radius 2 is 1.79 bits per heavy atom. The smallest absolute Gasteiger partial charge is 0.337 e. The fourth-order valence-electron chi connectivity index (χ4n) is 3.46. The van der Waals surface area contributed by atoms with E-state index in [0.717, 1.165) is 5.56 Å². The number of para-hydroxylation sites is 1. The quantitative estimate of drug-likeness (QED) is 0.449. The van der Waals surface area contributed by atoms with E-state index in [4.69, 9.17) is 19.3 Å². The van der Waals surface area contributed by atoms with Gasteiger partial charge in [0.25, 0.3) is 5.91 Å². The average Bonchev–Trinajstić information content (AvgIpc) is 3.26. The second kappa shape index (κ2) is 8.72. The van der Waals surface area contributed by atoms with Crippen molar-refractivity contribution in [3.8, 4) is 28.7 Å². The number of nitrogens with zero attached hydrogens (tertiary/aromatic N) is 2. The number of carboxylic acids is 1. The van der Waals surface area contributed by atoms with Gasteiger partial charge in [-0.1, -0.05) is 23.4 Å². The lowest BCUT2D eigenvalue weighted by atomic mass is 10.0. The van der Waals surface area contributed by atoms with E-state index in [1.165, 1.54) is 25.3 Å². The lowest BCUT2D eigenvalue weighted by Gasteiger charge is -2.12. The zero-order valence-corrected chi connectivity index (χ0v) is 17.6. The summed E-state index contributed by atoms with van der Waals surface area (Å²) in [7, 11) is 3.07. The summed E-state index contributed by atoms with van der Waals surface area (Å²) in [6.07, 6.45) is 0. The van der Waals surface area contributed by atoms with Crippen LogP contribution in [0.15, 0.2) is 59.1 Å². The normalized spacial score (nSPS) is 10.5. The van der Waals surface area contributed by atoms with Gasteiger partial charge < -0.3 is 24.4 Å². The molecule has 3 aromatic carbocycles. The van der Waals surface area contributed by atoms with Gasteiger partial charge in [0, 0.05) is 17.2 Å². The third-order valence-electron chi connectivity index (χ3n) is 5.03. The molecule has 1 amide bonds. The van der Waals surface area contributed by atoms with Gasteiger partial charge in [-0.15, -0.1) is 0 Å². The molecule has 2 N–H and O–H groups in total. The molecule has 0 spiro atoms. The van der Waals surface area contributed by atoms with Gasteiger partial charge >= 0.3 is 5.97 Å². The van der Waals surface area contributed by atoms with Gasteiger partial charge in [0.05, 0.1) is 42.5 Å². The van der Waals surface area contributed by atoms with Crippen LogP contribution in [0.25, 0.3) is 22.1 Å². The number of carbonyl (C=O) groups excluding carboxylic acids is 1. The average molecular weight is 443 g/mol. The first-order chi connectivity index (χ1) is 16.0. The van der Waals surface area contributed by atoms with Gasteiger partial charge in [0.1, 0.15) is 11.5 Å². The maximum Gasteiger partial charge on any atom is 0.337 e. The number of benzene rings is 3. The highest BCUT2D eigenvalue weighted by Crippen LogP contribution is 2.39. The Kier molecular flexibility index (Phi) is 5.66. The first kappa shape index (κ1) is 21.4. The molecule has 164 valence electrons. The number of fused-ring (bicyclic) bond motifs is 1. The SMILES string of the molecule is COc1ccccc1-c1cc2c(C(=O)Nc3ccc(C#N)cc3C(=O)O)noc2cc1OC. The number of methoxy groups -OCH3 is 2. The highest BCUT2D eigenvalue weighted by Gasteiger charge is 2.22. The maximum atomic E-state index is 13.0. The third-order valence-corrected chi connectivity index (χ3v) is 5.03. The van der Waals surface area contributed by atoms with Gasteiger partial charge in [-0.25, -0.2) is 4.79 Å². The van der Waals surface area contributed by atoms with Crippen molar-refractivity contribution >= 4 is 28.5 Å². The fraction of sp³-hybridized carbons (Fsp3) is 0.0833. The number of amides is 1. The van der Waals surface area contributed by atoms with Gasteiger partial charge in [0.2, 0.25) is 0 Å². The van der Waals surface area contributed by atoms with Crippen molar-refractivity contribution in [2.75, 3.05) is 19.5 Å². The predicted octanol–water partition coefficient (Wildman–Crippen LogP) is 4.33. The molecule has 0 saturated heterocycles. The van der Waals surface area contributed by atoms with Crippen molar-refractivity contribution < 1.29 is 28.7 Å². The molecule has 9 heteroatoms. The molecule has 0 aliphatic carbocycles. The molecule has 0 atom stereocenters. The van der Waals surface area contributed by atoms with E-state index in [1.54, 1.807) is 25.3 Å². The van der Waals surface area contributed by atoms with Crippen LogP contribution in [-0.2, 0) is 0 Å². The molecule has 1 aromatic heterocycles. The second-order valence-electron chi connectivity index (χ2n) is 6.91. The van der Waals surface area contributed by atoms with Crippen LogP contribution in [0, 0.1) is 11.3 Å². The molecule has 9 nitrogen and oxygen atoms in total. The number of rotatable bonds is 6. The standard InChI is InChI=1S/C24H17N3O6/c1-31-19-6-4-3-5-14(19)15-10-17-21(11-20(15)32-2)33-27-22(17)23(28)26-18-8-7-13(12-25)9-16(18)24(29)30/h3-11H,1-2H3,(H,26,28)(H,29,30). The van der Waals surface area contributed by atoms with Crippen molar-refractivity contribution in [1.29, 1.82) is 5.26 Å². The molecule has 4 rings (SSSR count). The van der Waals surface area contributed by atoms with Crippen molar-refractivity contribution in [3.63, 3.8) is 0 Å². The predicted molar refractivity (Wildman–Crippen MR) is 119 cm³/mol. The number of carboxylic acid groups (broad SMARTS) is 1. The largest absolute Gasteiger partial charge is 0.496 e. The minimum atomic E-state index is -1.28. The summed E-state index contributed by atoms with van der Waals surface area (Å²) in [4.78, 5) is 24.6. The molecule has 0 bridgehead atoms. The summed E-state index contributed by atoms with van der Waals surface area (Å²) in [5.74, 6) is -0.843. The summed E-state index contributed by atoms with van der Waals surface area (Å²) < 4.78 is 16.3. The molecule has 0 saturated carbocycles. The van der Waals surface area contributed by atoms with E-state index >= 15 is 0 Å². The van der Waals surface area contributed by atoms with E-state index in [1.807, 2.05) is 24.3 Å². The highest BCUT2D eigenvalue weighted by atomic mass is 16.5. The Bertz CT molecular complexity index is 1430. The molecular weight excluding hydrogens is 426 g/mol. The van der Waals surface area contributed by atoms with Crippen LogP contribution >= 0.6 is 0 Å². The molecule has 0 aliphatic heterocycles. The van der Waals surface area contributed by atoms with E-state index in [2.05, 4.69) is 10.5 Å². The number of hydrogen-bond donors (Lipinski definition) is 2. The van der Waals surface area contributed by atoms with Crippen molar-refractivity contribution in [3.05, 3.63) is 71.4 Å². The number of ether oxygens (including phenoxy) is 2. The first-order valence-electron chi connectivity index (χ1n) is 9.66. The summed E-state index contributed by atoms with van der Waals surface area (Å²) >= 11 is 0. The number of aromatic carboxylic acids is 1. The van der Waals surface area contributed by atoms with E-state index in [-0.39, 0.29) is 22.5 Å². The monoisotopic (exact) mass is 443 g/mol. The molecular formula is C24H17N3O6. The Morgan fingerprint density at radius 1 is 1.03 bits per heavy atom. The van der Waals surface area contributed by atoms with Crippen LogP contribution in [0.2, 0.25) is 0 Å². The summed E-state index contributed by atoms with van der Waals surface area (Å²) in [5.41, 5.74) is 1.65. The molecule has 0 radical (unpaired) electrons. The van der Waals surface area contributed by atoms with Crippen LogP contribution in [-0.4, -0.2) is 36.4 Å². The molecule has 0 fully saturated rings. The molecule has 0 aliphatic rings. The Morgan fingerprint density at radius 3 is 2.48 bits per heavy atom.